The zero-order valence-electron chi connectivity index (χ0n) is 11.4. The summed E-state index contributed by atoms with van der Waals surface area (Å²) in [5.41, 5.74) is 0. The Morgan fingerprint density at radius 1 is 1.28 bits per heavy atom. The Morgan fingerprint density at radius 3 is 2.67 bits per heavy atom. The van der Waals surface area contributed by atoms with Crippen molar-refractivity contribution < 1.29 is 4.79 Å². The third-order valence-electron chi connectivity index (χ3n) is 4.27. The van der Waals surface area contributed by atoms with E-state index in [1.54, 1.807) is 0 Å². The van der Waals surface area contributed by atoms with Crippen LogP contribution in [0.5, 0.6) is 0 Å². The van der Waals surface area contributed by atoms with Gasteiger partial charge < -0.3 is 10.2 Å². The molecular weight excluding hydrogens is 224 g/mol. The molecule has 1 saturated heterocycles. The molecule has 102 valence electrons. The van der Waals surface area contributed by atoms with Crippen molar-refractivity contribution in [3.8, 4) is 0 Å². The number of hydrogen-bond donors (Lipinski definition) is 1. The van der Waals surface area contributed by atoms with Gasteiger partial charge in [0.1, 0.15) is 0 Å². The van der Waals surface area contributed by atoms with E-state index in [1.807, 2.05) is 11.0 Å². The fraction of sp³-hybridized carbons (Fsp3) is 0.800. The lowest BCUT2D eigenvalue weighted by Gasteiger charge is -2.30. The first-order chi connectivity index (χ1) is 8.81. The Labute approximate surface area is 111 Å². The maximum absolute atomic E-state index is 12.4. The highest BCUT2D eigenvalue weighted by Crippen LogP contribution is 2.25. The van der Waals surface area contributed by atoms with Crippen molar-refractivity contribution in [3.05, 3.63) is 12.7 Å². The quantitative estimate of drug-likeness (QED) is 0.759. The van der Waals surface area contributed by atoms with Crippen LogP contribution >= 0.6 is 0 Å². The molecule has 2 rings (SSSR count). The maximum atomic E-state index is 12.4. The summed E-state index contributed by atoms with van der Waals surface area (Å²) in [6, 6.07) is 0. The van der Waals surface area contributed by atoms with E-state index in [9.17, 15) is 4.79 Å². The van der Waals surface area contributed by atoms with Crippen LogP contribution in [-0.2, 0) is 4.79 Å². The van der Waals surface area contributed by atoms with Gasteiger partial charge in [-0.3, -0.25) is 4.79 Å². The first-order valence-electron chi connectivity index (χ1n) is 7.41. The topological polar surface area (TPSA) is 32.3 Å². The second-order valence-electron chi connectivity index (χ2n) is 5.73. The average Bonchev–Trinajstić information content (AvgIpc) is 2.92. The van der Waals surface area contributed by atoms with Gasteiger partial charge in [-0.15, -0.1) is 6.58 Å². The van der Waals surface area contributed by atoms with E-state index in [4.69, 9.17) is 0 Å². The Bertz CT molecular complexity index is 278. The maximum Gasteiger partial charge on any atom is 0.227 e. The Kier molecular flexibility index (Phi) is 5.24. The first-order valence-corrected chi connectivity index (χ1v) is 7.41. The van der Waals surface area contributed by atoms with Gasteiger partial charge in [0.25, 0.3) is 0 Å². The van der Waals surface area contributed by atoms with Crippen LogP contribution < -0.4 is 5.32 Å². The number of carbonyl (C=O) groups is 1. The van der Waals surface area contributed by atoms with Crippen molar-refractivity contribution >= 4 is 5.91 Å². The minimum Gasteiger partial charge on any atom is -0.338 e. The molecular formula is C15H26N2O. The molecule has 1 aliphatic heterocycles. The number of nitrogens with zero attached hydrogens (tertiary/aromatic N) is 1. The molecule has 1 saturated carbocycles. The number of nitrogens with one attached hydrogen (secondary N) is 1. The van der Waals surface area contributed by atoms with E-state index < -0.39 is 0 Å². The third-order valence-corrected chi connectivity index (χ3v) is 4.27. The SMILES string of the molecule is C=CCN(CC1CCCCC1)C(=O)C1CCNC1. The van der Waals surface area contributed by atoms with Gasteiger partial charge in [0.2, 0.25) is 5.91 Å². The molecule has 0 spiro atoms. The van der Waals surface area contributed by atoms with E-state index in [2.05, 4.69) is 11.9 Å². The normalized spacial score (nSPS) is 25.0. The van der Waals surface area contributed by atoms with E-state index >= 15 is 0 Å². The molecule has 0 aromatic rings. The monoisotopic (exact) mass is 250 g/mol. The summed E-state index contributed by atoms with van der Waals surface area (Å²) in [6.45, 7) is 7.30. The number of carbonyl (C=O) groups excluding carboxylic acids is 1. The number of hydrogen-bond acceptors (Lipinski definition) is 2. The summed E-state index contributed by atoms with van der Waals surface area (Å²) in [5, 5.41) is 3.28. The zero-order valence-corrected chi connectivity index (χ0v) is 11.4. The Hall–Kier alpha value is -0.830. The van der Waals surface area contributed by atoms with Crippen molar-refractivity contribution in [2.24, 2.45) is 11.8 Å². The molecule has 1 unspecified atom stereocenters. The van der Waals surface area contributed by atoms with Crippen molar-refractivity contribution in [3.63, 3.8) is 0 Å². The second-order valence-corrected chi connectivity index (χ2v) is 5.73. The van der Waals surface area contributed by atoms with Gasteiger partial charge in [-0.1, -0.05) is 25.3 Å². The summed E-state index contributed by atoms with van der Waals surface area (Å²) in [4.78, 5) is 14.5. The van der Waals surface area contributed by atoms with E-state index in [0.717, 1.165) is 32.0 Å². The Balaban J connectivity index is 1.88. The van der Waals surface area contributed by atoms with Gasteiger partial charge in [0.15, 0.2) is 0 Å². The van der Waals surface area contributed by atoms with Gasteiger partial charge in [-0.05, 0) is 31.7 Å². The lowest BCUT2D eigenvalue weighted by Crippen LogP contribution is -2.40. The summed E-state index contributed by atoms with van der Waals surface area (Å²) in [5.74, 6) is 1.26. The molecule has 0 aromatic carbocycles. The van der Waals surface area contributed by atoms with Crippen molar-refractivity contribution in [1.29, 1.82) is 0 Å². The molecule has 0 bridgehead atoms. The fourth-order valence-electron chi connectivity index (χ4n) is 3.22. The van der Waals surface area contributed by atoms with E-state index in [-0.39, 0.29) is 5.92 Å². The molecule has 2 fully saturated rings. The van der Waals surface area contributed by atoms with Gasteiger partial charge in [-0.25, -0.2) is 0 Å². The molecule has 2 aliphatic rings. The highest BCUT2D eigenvalue weighted by Gasteiger charge is 2.28. The molecule has 3 heteroatoms. The highest BCUT2D eigenvalue weighted by molar-refractivity contribution is 5.79. The van der Waals surface area contributed by atoms with Crippen LogP contribution in [-0.4, -0.2) is 37.0 Å². The van der Waals surface area contributed by atoms with Crippen LogP contribution in [0.4, 0.5) is 0 Å². The van der Waals surface area contributed by atoms with Gasteiger partial charge in [0.05, 0.1) is 5.92 Å². The van der Waals surface area contributed by atoms with Crippen LogP contribution in [0.25, 0.3) is 0 Å². The van der Waals surface area contributed by atoms with Crippen LogP contribution in [0, 0.1) is 11.8 Å². The first kappa shape index (κ1) is 13.6. The van der Waals surface area contributed by atoms with Crippen LogP contribution in [0.1, 0.15) is 38.5 Å². The van der Waals surface area contributed by atoms with Gasteiger partial charge >= 0.3 is 0 Å². The molecule has 1 amide bonds. The third kappa shape index (κ3) is 3.58. The van der Waals surface area contributed by atoms with Crippen LogP contribution in [0.2, 0.25) is 0 Å². The minimum absolute atomic E-state index is 0.202. The highest BCUT2D eigenvalue weighted by atomic mass is 16.2. The zero-order chi connectivity index (χ0) is 12.8. The predicted molar refractivity (Wildman–Crippen MR) is 74.3 cm³/mol. The molecule has 0 radical (unpaired) electrons. The average molecular weight is 250 g/mol. The van der Waals surface area contributed by atoms with Crippen molar-refractivity contribution in [2.45, 2.75) is 38.5 Å². The summed E-state index contributed by atoms with van der Waals surface area (Å²) >= 11 is 0. The fourth-order valence-corrected chi connectivity index (χ4v) is 3.22. The molecule has 3 nitrogen and oxygen atoms in total. The van der Waals surface area contributed by atoms with E-state index in [0.29, 0.717) is 12.5 Å². The lowest BCUT2D eigenvalue weighted by atomic mass is 9.88. The summed E-state index contributed by atoms with van der Waals surface area (Å²) in [7, 11) is 0. The van der Waals surface area contributed by atoms with Crippen molar-refractivity contribution in [2.75, 3.05) is 26.2 Å². The largest absolute Gasteiger partial charge is 0.338 e. The van der Waals surface area contributed by atoms with E-state index in [1.165, 1.54) is 32.1 Å². The van der Waals surface area contributed by atoms with Gasteiger partial charge in [-0.2, -0.15) is 0 Å². The molecule has 1 N–H and O–H groups in total. The number of rotatable bonds is 5. The minimum atomic E-state index is 0.202. The number of amides is 1. The molecule has 1 atom stereocenters. The lowest BCUT2D eigenvalue weighted by molar-refractivity contribution is -0.135. The van der Waals surface area contributed by atoms with Crippen molar-refractivity contribution in [1.82, 2.24) is 10.2 Å². The van der Waals surface area contributed by atoms with Crippen LogP contribution in [0.15, 0.2) is 12.7 Å². The summed E-state index contributed by atoms with van der Waals surface area (Å²) in [6.07, 6.45) is 9.50. The second kappa shape index (κ2) is 6.93. The smallest absolute Gasteiger partial charge is 0.227 e. The molecule has 1 heterocycles. The van der Waals surface area contributed by atoms with Crippen LogP contribution in [0.3, 0.4) is 0 Å². The summed E-state index contributed by atoms with van der Waals surface area (Å²) < 4.78 is 0. The Morgan fingerprint density at radius 2 is 2.06 bits per heavy atom. The molecule has 1 aliphatic carbocycles. The molecule has 0 aromatic heterocycles. The standard InChI is InChI=1S/C15H26N2O/c1-2-10-17(12-13-6-4-3-5-7-13)15(18)14-8-9-16-11-14/h2,13-14,16H,1,3-12H2. The van der Waals surface area contributed by atoms with Gasteiger partial charge in [0, 0.05) is 19.6 Å². The predicted octanol–water partition coefficient (Wildman–Crippen LogP) is 2.19. The molecule has 18 heavy (non-hydrogen) atoms.